The van der Waals surface area contributed by atoms with Crippen LogP contribution in [0.5, 0.6) is 0 Å². The standard InChI is InChI=1S/C18H14F2N4/c1-12-22-6-7-24(12)18-5-3-14(9-16(18)20)11-23-17-4-2-13(10-21)8-15(17)19/h2-9,23H,11H2,1H3. The number of benzene rings is 2. The quantitative estimate of drug-likeness (QED) is 0.791. The van der Waals surface area contributed by atoms with Gasteiger partial charge in [-0.15, -0.1) is 0 Å². The smallest absolute Gasteiger partial charge is 0.147 e. The zero-order valence-electron chi connectivity index (χ0n) is 12.9. The van der Waals surface area contributed by atoms with Crippen molar-refractivity contribution in [2.24, 2.45) is 0 Å². The van der Waals surface area contributed by atoms with E-state index >= 15 is 0 Å². The molecule has 0 saturated heterocycles. The molecule has 0 aliphatic rings. The Balaban J connectivity index is 1.76. The van der Waals surface area contributed by atoms with Gasteiger partial charge in [0, 0.05) is 18.9 Å². The molecule has 0 unspecified atom stereocenters. The number of hydrogen-bond acceptors (Lipinski definition) is 3. The second-order valence-corrected chi connectivity index (χ2v) is 5.29. The van der Waals surface area contributed by atoms with Crippen LogP contribution in [0, 0.1) is 29.9 Å². The molecule has 1 N–H and O–H groups in total. The van der Waals surface area contributed by atoms with Crippen LogP contribution < -0.4 is 5.32 Å². The summed E-state index contributed by atoms with van der Waals surface area (Å²) in [5.41, 5.74) is 1.61. The molecule has 24 heavy (non-hydrogen) atoms. The van der Waals surface area contributed by atoms with E-state index in [4.69, 9.17) is 5.26 Å². The molecule has 0 saturated carbocycles. The number of anilines is 1. The average Bonchev–Trinajstić information content (AvgIpc) is 2.99. The molecular formula is C18H14F2N4. The fourth-order valence-electron chi connectivity index (χ4n) is 2.41. The Kier molecular flexibility index (Phi) is 4.25. The maximum absolute atomic E-state index is 14.3. The van der Waals surface area contributed by atoms with Gasteiger partial charge in [-0.3, -0.25) is 0 Å². The number of hydrogen-bond donors (Lipinski definition) is 1. The van der Waals surface area contributed by atoms with Crippen LogP contribution in [0.3, 0.4) is 0 Å². The zero-order chi connectivity index (χ0) is 17.1. The van der Waals surface area contributed by atoms with Gasteiger partial charge in [0.1, 0.15) is 17.5 Å². The average molecular weight is 324 g/mol. The fraction of sp³-hybridized carbons (Fsp3) is 0.111. The highest BCUT2D eigenvalue weighted by atomic mass is 19.1. The molecular weight excluding hydrogens is 310 g/mol. The van der Waals surface area contributed by atoms with E-state index in [-0.39, 0.29) is 23.6 Å². The first kappa shape index (κ1) is 15.7. The SMILES string of the molecule is Cc1nccn1-c1ccc(CNc2ccc(C#N)cc2F)cc1F. The van der Waals surface area contributed by atoms with Crippen molar-refractivity contribution in [2.45, 2.75) is 13.5 Å². The van der Waals surface area contributed by atoms with Crippen molar-refractivity contribution >= 4 is 5.69 Å². The Morgan fingerprint density at radius 2 is 2.00 bits per heavy atom. The topological polar surface area (TPSA) is 53.6 Å². The second kappa shape index (κ2) is 6.50. The molecule has 0 bridgehead atoms. The highest BCUT2D eigenvalue weighted by Crippen LogP contribution is 2.19. The monoisotopic (exact) mass is 324 g/mol. The van der Waals surface area contributed by atoms with Crippen molar-refractivity contribution in [3.8, 4) is 11.8 Å². The summed E-state index contributed by atoms with van der Waals surface area (Å²) in [7, 11) is 0. The van der Waals surface area contributed by atoms with E-state index in [2.05, 4.69) is 10.3 Å². The van der Waals surface area contributed by atoms with Crippen LogP contribution in [-0.2, 0) is 6.54 Å². The molecule has 0 aliphatic carbocycles. The summed E-state index contributed by atoms with van der Waals surface area (Å²) in [6.07, 6.45) is 3.30. The third kappa shape index (κ3) is 3.10. The van der Waals surface area contributed by atoms with Crippen LogP contribution in [-0.4, -0.2) is 9.55 Å². The summed E-state index contributed by atoms with van der Waals surface area (Å²) in [5.74, 6) is -0.199. The molecule has 0 radical (unpaired) electrons. The summed E-state index contributed by atoms with van der Waals surface area (Å²) in [6, 6.07) is 10.9. The molecule has 3 rings (SSSR count). The van der Waals surface area contributed by atoms with E-state index in [1.165, 1.54) is 18.2 Å². The number of rotatable bonds is 4. The number of nitrogens with one attached hydrogen (secondary N) is 1. The number of aryl methyl sites for hydroxylation is 1. The maximum atomic E-state index is 14.3. The van der Waals surface area contributed by atoms with Crippen LogP contribution in [0.15, 0.2) is 48.8 Å². The molecule has 0 fully saturated rings. The van der Waals surface area contributed by atoms with Crippen molar-refractivity contribution in [3.63, 3.8) is 0 Å². The summed E-state index contributed by atoms with van der Waals surface area (Å²) in [6.45, 7) is 2.06. The lowest BCUT2D eigenvalue weighted by molar-refractivity contribution is 0.614. The Labute approximate surface area is 138 Å². The van der Waals surface area contributed by atoms with Crippen molar-refractivity contribution in [1.29, 1.82) is 5.26 Å². The third-order valence-electron chi connectivity index (χ3n) is 3.68. The number of imidazole rings is 1. The fourth-order valence-corrected chi connectivity index (χ4v) is 2.41. The van der Waals surface area contributed by atoms with E-state index in [0.717, 1.165) is 6.07 Å². The minimum Gasteiger partial charge on any atom is -0.379 e. The minimum absolute atomic E-state index is 0.254. The van der Waals surface area contributed by atoms with Crippen LogP contribution in [0.4, 0.5) is 14.5 Å². The number of aromatic nitrogens is 2. The molecule has 0 atom stereocenters. The van der Waals surface area contributed by atoms with Gasteiger partial charge in [-0.2, -0.15) is 5.26 Å². The molecule has 0 aliphatic heterocycles. The minimum atomic E-state index is -0.514. The molecule has 4 nitrogen and oxygen atoms in total. The van der Waals surface area contributed by atoms with Gasteiger partial charge in [0.15, 0.2) is 0 Å². The Hall–Kier alpha value is -3.20. The van der Waals surface area contributed by atoms with Crippen LogP contribution >= 0.6 is 0 Å². The third-order valence-corrected chi connectivity index (χ3v) is 3.68. The normalized spacial score (nSPS) is 10.4. The van der Waals surface area contributed by atoms with Crippen molar-refractivity contribution in [3.05, 3.63) is 77.4 Å². The Bertz CT molecular complexity index is 925. The van der Waals surface area contributed by atoms with E-state index in [1.807, 2.05) is 6.07 Å². The second-order valence-electron chi connectivity index (χ2n) is 5.29. The van der Waals surface area contributed by atoms with Crippen molar-refractivity contribution < 1.29 is 8.78 Å². The first-order valence-electron chi connectivity index (χ1n) is 7.31. The predicted molar refractivity (Wildman–Crippen MR) is 86.7 cm³/mol. The number of nitrogens with zero attached hydrogens (tertiary/aromatic N) is 3. The first-order chi connectivity index (χ1) is 11.6. The molecule has 2 aromatic carbocycles. The van der Waals surface area contributed by atoms with Crippen LogP contribution in [0.2, 0.25) is 0 Å². The lowest BCUT2D eigenvalue weighted by atomic mass is 10.1. The van der Waals surface area contributed by atoms with E-state index in [1.54, 1.807) is 36.0 Å². The van der Waals surface area contributed by atoms with Crippen LogP contribution in [0.1, 0.15) is 17.0 Å². The summed E-state index contributed by atoms with van der Waals surface area (Å²) >= 11 is 0. The van der Waals surface area contributed by atoms with Gasteiger partial charge < -0.3 is 9.88 Å². The van der Waals surface area contributed by atoms with Crippen molar-refractivity contribution in [1.82, 2.24) is 9.55 Å². The highest BCUT2D eigenvalue weighted by molar-refractivity contribution is 5.49. The summed E-state index contributed by atoms with van der Waals surface area (Å²) < 4.78 is 29.8. The summed E-state index contributed by atoms with van der Waals surface area (Å²) in [4.78, 5) is 4.08. The van der Waals surface area contributed by atoms with Gasteiger partial charge >= 0.3 is 0 Å². The Morgan fingerprint density at radius 3 is 2.62 bits per heavy atom. The first-order valence-corrected chi connectivity index (χ1v) is 7.31. The van der Waals surface area contributed by atoms with Gasteiger partial charge in [-0.25, -0.2) is 13.8 Å². The lowest BCUT2D eigenvalue weighted by Crippen LogP contribution is -2.04. The number of nitriles is 1. The van der Waals surface area contributed by atoms with E-state index in [9.17, 15) is 8.78 Å². The summed E-state index contributed by atoms with van der Waals surface area (Å²) in [5, 5.41) is 11.6. The van der Waals surface area contributed by atoms with Gasteiger partial charge in [0.25, 0.3) is 0 Å². The molecule has 120 valence electrons. The van der Waals surface area contributed by atoms with Gasteiger partial charge in [-0.05, 0) is 42.8 Å². The zero-order valence-corrected chi connectivity index (χ0v) is 12.9. The predicted octanol–water partition coefficient (Wildman–Crippen LogP) is 3.94. The Morgan fingerprint density at radius 1 is 1.17 bits per heavy atom. The lowest BCUT2D eigenvalue weighted by Gasteiger charge is -2.11. The number of halogens is 2. The maximum Gasteiger partial charge on any atom is 0.147 e. The molecule has 1 heterocycles. The van der Waals surface area contributed by atoms with Gasteiger partial charge in [0.2, 0.25) is 0 Å². The molecule has 3 aromatic rings. The molecule has 6 heteroatoms. The van der Waals surface area contributed by atoms with E-state index in [0.29, 0.717) is 17.1 Å². The van der Waals surface area contributed by atoms with E-state index < -0.39 is 5.82 Å². The van der Waals surface area contributed by atoms with Gasteiger partial charge in [-0.1, -0.05) is 6.07 Å². The molecule has 0 spiro atoms. The van der Waals surface area contributed by atoms with Crippen LogP contribution in [0.25, 0.3) is 5.69 Å². The molecule has 0 amide bonds. The van der Waals surface area contributed by atoms with Gasteiger partial charge in [0.05, 0.1) is 23.0 Å². The molecule has 1 aromatic heterocycles. The highest BCUT2D eigenvalue weighted by Gasteiger charge is 2.09. The van der Waals surface area contributed by atoms with Crippen molar-refractivity contribution in [2.75, 3.05) is 5.32 Å². The largest absolute Gasteiger partial charge is 0.379 e.